The summed E-state index contributed by atoms with van der Waals surface area (Å²) < 4.78 is 4.84. The quantitative estimate of drug-likeness (QED) is 0.847. The van der Waals surface area contributed by atoms with Gasteiger partial charge in [0.25, 0.3) is 5.91 Å². The second-order valence-electron chi connectivity index (χ2n) is 2.86. The summed E-state index contributed by atoms with van der Waals surface area (Å²) in [6.45, 7) is 0. The number of ether oxygens (including phenoxy) is 1. The van der Waals surface area contributed by atoms with Crippen molar-refractivity contribution in [2.75, 3.05) is 7.11 Å². The molecule has 0 aromatic carbocycles. The summed E-state index contributed by atoms with van der Waals surface area (Å²) in [7, 11) is 1.49. The molecule has 0 unspecified atom stereocenters. The van der Waals surface area contributed by atoms with E-state index in [-0.39, 0.29) is 11.7 Å². The van der Waals surface area contributed by atoms with Crippen LogP contribution in [-0.2, 0) is 0 Å². The number of hydrogen-bond donors (Lipinski definition) is 1. The molecule has 0 fully saturated rings. The predicted octanol–water partition coefficient (Wildman–Crippen LogP) is 0.708. The Balaban J connectivity index is 2.31. The Morgan fingerprint density at radius 3 is 2.62 bits per heavy atom. The van der Waals surface area contributed by atoms with Crippen LogP contribution in [0.3, 0.4) is 0 Å². The Morgan fingerprint density at radius 2 is 2.12 bits per heavy atom. The molecule has 2 aromatic heterocycles. The molecule has 0 spiro atoms. The van der Waals surface area contributed by atoms with Crippen molar-refractivity contribution >= 4 is 17.2 Å². The van der Waals surface area contributed by atoms with Crippen molar-refractivity contribution in [3.8, 4) is 16.6 Å². The van der Waals surface area contributed by atoms with Gasteiger partial charge in [0.15, 0.2) is 0 Å². The first-order valence-corrected chi connectivity index (χ1v) is 5.20. The molecule has 2 rings (SSSR count). The fourth-order valence-corrected chi connectivity index (χ4v) is 1.84. The van der Waals surface area contributed by atoms with Gasteiger partial charge in [-0.3, -0.25) is 4.79 Å². The molecule has 2 aromatic rings. The first kappa shape index (κ1) is 10.5. The second-order valence-corrected chi connectivity index (χ2v) is 3.72. The predicted molar refractivity (Wildman–Crippen MR) is 58.2 cm³/mol. The Kier molecular flexibility index (Phi) is 2.78. The first-order valence-electron chi connectivity index (χ1n) is 4.32. The molecule has 7 heteroatoms. The second kappa shape index (κ2) is 4.23. The highest BCUT2D eigenvalue weighted by molar-refractivity contribution is 7.13. The van der Waals surface area contributed by atoms with Gasteiger partial charge in [-0.05, 0) is 0 Å². The topological polar surface area (TPSA) is 91.0 Å². The number of nitrogens with two attached hydrogens (primary N) is 1. The van der Waals surface area contributed by atoms with E-state index in [1.165, 1.54) is 18.4 Å². The third-order valence-corrected chi connectivity index (χ3v) is 2.71. The molecule has 0 aliphatic carbocycles. The number of amides is 1. The highest BCUT2D eigenvalue weighted by Crippen LogP contribution is 2.22. The molecule has 0 saturated carbocycles. The van der Waals surface area contributed by atoms with E-state index < -0.39 is 5.91 Å². The van der Waals surface area contributed by atoms with Gasteiger partial charge in [0.05, 0.1) is 7.11 Å². The van der Waals surface area contributed by atoms with Gasteiger partial charge in [-0.1, -0.05) is 0 Å². The van der Waals surface area contributed by atoms with Crippen LogP contribution in [0.15, 0.2) is 17.8 Å². The molecule has 2 heterocycles. The summed E-state index contributed by atoms with van der Waals surface area (Å²) in [6, 6.07) is 0.287. The summed E-state index contributed by atoms with van der Waals surface area (Å²) in [5.41, 5.74) is 6.07. The lowest BCUT2D eigenvalue weighted by molar-refractivity contribution is 0.0996. The summed E-state index contributed by atoms with van der Waals surface area (Å²) in [4.78, 5) is 22.8. The lowest BCUT2D eigenvalue weighted by atomic mass is 10.3. The van der Waals surface area contributed by atoms with E-state index in [0.717, 1.165) is 5.56 Å². The molecule has 82 valence electrons. The Hall–Kier alpha value is -2.02. The van der Waals surface area contributed by atoms with Crippen LogP contribution >= 0.6 is 11.3 Å². The van der Waals surface area contributed by atoms with Crippen molar-refractivity contribution in [1.82, 2.24) is 15.0 Å². The highest BCUT2D eigenvalue weighted by Gasteiger charge is 2.09. The minimum Gasteiger partial charge on any atom is -0.467 e. The van der Waals surface area contributed by atoms with Crippen LogP contribution in [0, 0.1) is 0 Å². The van der Waals surface area contributed by atoms with Crippen LogP contribution in [0.4, 0.5) is 0 Å². The Morgan fingerprint density at radius 1 is 1.44 bits per heavy atom. The summed E-state index contributed by atoms with van der Waals surface area (Å²) in [6.07, 6.45) is 3.16. The largest absolute Gasteiger partial charge is 0.467 e. The summed E-state index contributed by atoms with van der Waals surface area (Å²) in [5.74, 6) is -0.545. The maximum absolute atomic E-state index is 10.9. The average molecular weight is 236 g/mol. The third kappa shape index (κ3) is 1.98. The van der Waals surface area contributed by atoms with E-state index in [2.05, 4.69) is 15.0 Å². The van der Waals surface area contributed by atoms with Crippen molar-refractivity contribution in [3.63, 3.8) is 0 Å². The lowest BCUT2D eigenvalue weighted by Gasteiger charge is -1.97. The van der Waals surface area contributed by atoms with Crippen LogP contribution in [-0.4, -0.2) is 28.0 Å². The van der Waals surface area contributed by atoms with E-state index in [1.807, 2.05) is 0 Å². The first-order chi connectivity index (χ1) is 7.70. The molecule has 0 atom stereocenters. The Bertz CT molecular complexity index is 508. The van der Waals surface area contributed by atoms with Crippen molar-refractivity contribution in [3.05, 3.63) is 23.5 Å². The zero-order valence-electron chi connectivity index (χ0n) is 8.38. The van der Waals surface area contributed by atoms with Gasteiger partial charge < -0.3 is 10.5 Å². The SMILES string of the molecule is COc1ncc(-c2nc(C(N)=O)cs2)cn1. The van der Waals surface area contributed by atoms with Crippen molar-refractivity contribution in [1.29, 1.82) is 0 Å². The molecular weight excluding hydrogens is 228 g/mol. The van der Waals surface area contributed by atoms with E-state index >= 15 is 0 Å². The number of carbonyl (C=O) groups is 1. The molecule has 0 saturated heterocycles. The van der Waals surface area contributed by atoms with E-state index in [9.17, 15) is 4.79 Å². The number of nitrogens with zero attached hydrogens (tertiary/aromatic N) is 3. The molecule has 0 bridgehead atoms. The lowest BCUT2D eigenvalue weighted by Crippen LogP contribution is -2.10. The number of thiazole rings is 1. The van der Waals surface area contributed by atoms with Crippen LogP contribution in [0.25, 0.3) is 10.6 Å². The van der Waals surface area contributed by atoms with Gasteiger partial charge >= 0.3 is 6.01 Å². The molecule has 0 radical (unpaired) electrons. The third-order valence-electron chi connectivity index (χ3n) is 1.81. The molecule has 6 nitrogen and oxygen atoms in total. The molecule has 16 heavy (non-hydrogen) atoms. The van der Waals surface area contributed by atoms with Gasteiger partial charge in [-0.15, -0.1) is 11.3 Å². The van der Waals surface area contributed by atoms with Gasteiger partial charge in [0.2, 0.25) is 0 Å². The average Bonchev–Trinajstić information content (AvgIpc) is 2.78. The molecular formula is C9H8N4O2S. The zero-order valence-corrected chi connectivity index (χ0v) is 9.19. The number of methoxy groups -OCH3 is 1. The number of hydrogen-bond acceptors (Lipinski definition) is 6. The molecule has 2 N–H and O–H groups in total. The smallest absolute Gasteiger partial charge is 0.316 e. The van der Waals surface area contributed by atoms with Gasteiger partial charge in [0, 0.05) is 23.3 Å². The van der Waals surface area contributed by atoms with E-state index in [1.54, 1.807) is 17.8 Å². The fourth-order valence-electron chi connectivity index (χ4n) is 1.05. The van der Waals surface area contributed by atoms with Crippen LogP contribution in [0.2, 0.25) is 0 Å². The van der Waals surface area contributed by atoms with E-state index in [4.69, 9.17) is 10.5 Å². The van der Waals surface area contributed by atoms with Gasteiger partial charge in [-0.25, -0.2) is 15.0 Å². The van der Waals surface area contributed by atoms with Crippen molar-refractivity contribution < 1.29 is 9.53 Å². The van der Waals surface area contributed by atoms with Crippen LogP contribution in [0.1, 0.15) is 10.5 Å². The standard InChI is InChI=1S/C9H8N4O2S/c1-15-9-11-2-5(3-12-9)8-13-6(4-16-8)7(10)14/h2-4H,1H3,(H2,10,14). The summed E-state index contributed by atoms with van der Waals surface area (Å²) in [5, 5.41) is 2.25. The van der Waals surface area contributed by atoms with Crippen LogP contribution < -0.4 is 10.5 Å². The van der Waals surface area contributed by atoms with Gasteiger partial charge in [0.1, 0.15) is 10.7 Å². The monoisotopic (exact) mass is 236 g/mol. The zero-order chi connectivity index (χ0) is 11.5. The molecule has 0 aliphatic rings. The van der Waals surface area contributed by atoms with Crippen LogP contribution in [0.5, 0.6) is 6.01 Å². The fraction of sp³-hybridized carbons (Fsp3) is 0.111. The minimum atomic E-state index is -0.545. The number of aromatic nitrogens is 3. The van der Waals surface area contributed by atoms with Gasteiger partial charge in [-0.2, -0.15) is 0 Å². The minimum absolute atomic E-state index is 0.246. The number of rotatable bonds is 3. The number of carbonyl (C=O) groups excluding carboxylic acids is 1. The summed E-state index contributed by atoms with van der Waals surface area (Å²) >= 11 is 1.31. The maximum Gasteiger partial charge on any atom is 0.316 e. The van der Waals surface area contributed by atoms with Crippen molar-refractivity contribution in [2.24, 2.45) is 5.73 Å². The number of primary amides is 1. The Labute approximate surface area is 95.1 Å². The normalized spacial score (nSPS) is 10.1. The molecule has 0 aliphatic heterocycles. The maximum atomic E-state index is 10.9. The van der Waals surface area contributed by atoms with E-state index in [0.29, 0.717) is 5.01 Å². The highest BCUT2D eigenvalue weighted by atomic mass is 32.1. The molecule has 1 amide bonds. The van der Waals surface area contributed by atoms with Crippen molar-refractivity contribution in [2.45, 2.75) is 0 Å².